The van der Waals surface area contributed by atoms with Crippen molar-refractivity contribution >= 4 is 11.8 Å². The van der Waals surface area contributed by atoms with Crippen molar-refractivity contribution < 1.29 is 0 Å². The normalized spacial score (nSPS) is 14.0. The van der Waals surface area contributed by atoms with Crippen molar-refractivity contribution in [2.24, 2.45) is 0 Å². The molecule has 1 nitrogen and oxygen atoms in total. The molecule has 0 aromatic rings. The lowest BCUT2D eigenvalue weighted by Gasteiger charge is -2.13. The van der Waals surface area contributed by atoms with Gasteiger partial charge in [-0.15, -0.1) is 11.8 Å². The molecule has 0 saturated carbocycles. The lowest BCUT2D eigenvalue weighted by Crippen LogP contribution is -2.14. The van der Waals surface area contributed by atoms with Gasteiger partial charge in [-0.3, -0.25) is 0 Å². The summed E-state index contributed by atoms with van der Waals surface area (Å²) in [6.45, 7) is 3.56. The van der Waals surface area contributed by atoms with E-state index >= 15 is 0 Å². The monoisotopic (exact) mass is 339 g/mol. The Morgan fingerprint density at radius 3 is 1.48 bits per heavy atom. The van der Waals surface area contributed by atoms with Crippen LogP contribution in [0.25, 0.3) is 0 Å². The Morgan fingerprint density at radius 2 is 1.09 bits per heavy atom. The third-order valence-electron chi connectivity index (χ3n) is 4.91. The predicted octanol–water partition coefficient (Wildman–Crippen LogP) is 7.73. The van der Waals surface area contributed by atoms with Crippen molar-refractivity contribution in [3.63, 3.8) is 0 Å². The fraction of sp³-hybridized carbons (Fsp3) is 0.905. The quantitative estimate of drug-likeness (QED) is 0.249. The Morgan fingerprint density at radius 1 is 0.652 bits per heavy atom. The van der Waals surface area contributed by atoms with Crippen molar-refractivity contribution in [3.05, 3.63) is 11.6 Å². The van der Waals surface area contributed by atoms with Gasteiger partial charge in [0.1, 0.15) is 0 Å². The highest BCUT2D eigenvalue weighted by atomic mass is 32.2. The Bertz CT molecular complexity index is 265. The fourth-order valence-electron chi connectivity index (χ4n) is 3.31. The summed E-state index contributed by atoms with van der Waals surface area (Å²) >= 11 is 1.92. The molecule has 0 N–H and O–H groups in total. The van der Waals surface area contributed by atoms with E-state index in [1.54, 1.807) is 0 Å². The van der Waals surface area contributed by atoms with Crippen molar-refractivity contribution in [1.82, 2.24) is 4.90 Å². The zero-order valence-corrected chi connectivity index (χ0v) is 16.6. The van der Waals surface area contributed by atoms with Crippen LogP contribution in [0.15, 0.2) is 11.6 Å². The zero-order chi connectivity index (χ0) is 16.4. The molecule has 0 unspecified atom stereocenters. The minimum Gasteiger partial charge on any atom is -0.367 e. The van der Waals surface area contributed by atoms with Gasteiger partial charge in [0.15, 0.2) is 0 Å². The van der Waals surface area contributed by atoms with Crippen molar-refractivity contribution in [2.75, 3.05) is 12.4 Å². The first-order valence-electron chi connectivity index (χ1n) is 10.5. The second kappa shape index (κ2) is 16.7. The molecule has 1 rings (SSSR count). The first kappa shape index (κ1) is 20.9. The van der Waals surface area contributed by atoms with Gasteiger partial charge >= 0.3 is 0 Å². The summed E-state index contributed by atoms with van der Waals surface area (Å²) in [6, 6.07) is 0. The molecule has 2 heteroatoms. The molecule has 0 atom stereocenters. The molecule has 1 heterocycles. The van der Waals surface area contributed by atoms with Gasteiger partial charge < -0.3 is 4.90 Å². The average Bonchev–Trinajstić information content (AvgIpc) is 3.08. The summed E-state index contributed by atoms with van der Waals surface area (Å²) in [5, 5.41) is 2.21. The van der Waals surface area contributed by atoms with Gasteiger partial charge in [0.2, 0.25) is 0 Å². The van der Waals surface area contributed by atoms with E-state index in [4.69, 9.17) is 0 Å². The molecule has 0 saturated heterocycles. The van der Waals surface area contributed by atoms with Crippen molar-refractivity contribution in [3.8, 4) is 0 Å². The molecule has 1 aliphatic rings. The highest BCUT2D eigenvalue weighted by molar-refractivity contribution is 8.02. The van der Waals surface area contributed by atoms with Crippen LogP contribution in [0.5, 0.6) is 0 Å². The summed E-state index contributed by atoms with van der Waals surface area (Å²) in [7, 11) is 0. The summed E-state index contributed by atoms with van der Waals surface area (Å²) in [5.41, 5.74) is 0. The van der Waals surface area contributed by atoms with Crippen LogP contribution < -0.4 is 0 Å². The van der Waals surface area contributed by atoms with Gasteiger partial charge in [-0.1, -0.05) is 103 Å². The van der Waals surface area contributed by atoms with E-state index in [1.807, 2.05) is 11.8 Å². The maximum atomic E-state index is 2.44. The highest BCUT2D eigenvalue weighted by Gasteiger charge is 2.03. The number of hydrogen-bond acceptors (Lipinski definition) is 2. The largest absolute Gasteiger partial charge is 0.367 e. The van der Waals surface area contributed by atoms with Gasteiger partial charge in [0, 0.05) is 12.7 Å². The van der Waals surface area contributed by atoms with Crippen LogP contribution in [0.2, 0.25) is 0 Å². The van der Waals surface area contributed by atoms with E-state index in [0.29, 0.717) is 0 Å². The van der Waals surface area contributed by atoms with Crippen LogP contribution in [0.3, 0.4) is 0 Å². The molecule has 0 aromatic carbocycles. The molecule has 0 radical (unpaired) electrons. The molecule has 1 aliphatic heterocycles. The van der Waals surface area contributed by atoms with E-state index in [0.717, 1.165) is 0 Å². The summed E-state index contributed by atoms with van der Waals surface area (Å²) in [4.78, 5) is 2.44. The molecule has 136 valence electrons. The molecule has 0 aromatic heterocycles. The third kappa shape index (κ3) is 14.0. The molecule has 0 aliphatic carbocycles. The van der Waals surface area contributed by atoms with Crippen LogP contribution in [0.1, 0.15) is 110 Å². The van der Waals surface area contributed by atoms with E-state index < -0.39 is 0 Å². The summed E-state index contributed by atoms with van der Waals surface area (Å²) in [6.07, 6.45) is 25.5. The standard InChI is InChI=1S/C21H41NS/c1-2-3-4-5-6-7-8-9-10-11-12-13-14-15-16-17-18-22-19-20-23-21-22/h19-20H,2-18,21H2,1H3. The molecule has 0 bridgehead atoms. The number of unbranched alkanes of at least 4 members (excludes halogenated alkanes) is 15. The Kier molecular flexibility index (Phi) is 15.2. The van der Waals surface area contributed by atoms with Crippen molar-refractivity contribution in [1.29, 1.82) is 0 Å². The van der Waals surface area contributed by atoms with E-state index in [1.165, 1.54) is 115 Å². The highest BCUT2D eigenvalue weighted by Crippen LogP contribution is 2.16. The number of nitrogens with zero attached hydrogens (tertiary/aromatic N) is 1. The summed E-state index contributed by atoms with van der Waals surface area (Å²) < 4.78 is 0. The SMILES string of the molecule is CCCCCCCCCCCCCCCCCCN1C=CSC1. The smallest absolute Gasteiger partial charge is 0.0675 e. The first-order chi connectivity index (χ1) is 11.4. The Labute approximate surface area is 150 Å². The molecule has 0 spiro atoms. The number of hydrogen-bond donors (Lipinski definition) is 0. The first-order valence-corrected chi connectivity index (χ1v) is 11.5. The second-order valence-electron chi connectivity index (χ2n) is 7.20. The molecule has 23 heavy (non-hydrogen) atoms. The lowest BCUT2D eigenvalue weighted by molar-refractivity contribution is 0.420. The minimum atomic E-state index is 1.18. The maximum absolute atomic E-state index is 2.44. The van der Waals surface area contributed by atoms with Crippen LogP contribution >= 0.6 is 11.8 Å². The fourth-order valence-corrected chi connectivity index (χ4v) is 4.06. The average molecular weight is 340 g/mol. The molecular formula is C21H41NS. The Balaban J connectivity index is 1.64. The van der Waals surface area contributed by atoms with Crippen LogP contribution in [0, 0.1) is 0 Å². The second-order valence-corrected chi connectivity index (χ2v) is 8.06. The van der Waals surface area contributed by atoms with Gasteiger partial charge in [0.05, 0.1) is 5.88 Å². The van der Waals surface area contributed by atoms with E-state index in [9.17, 15) is 0 Å². The maximum Gasteiger partial charge on any atom is 0.0675 e. The van der Waals surface area contributed by atoms with Crippen molar-refractivity contribution in [2.45, 2.75) is 110 Å². The topological polar surface area (TPSA) is 3.24 Å². The molecular weight excluding hydrogens is 298 g/mol. The Hall–Kier alpha value is -0.110. The number of rotatable bonds is 17. The molecule has 0 fully saturated rings. The lowest BCUT2D eigenvalue weighted by atomic mass is 10.0. The van der Waals surface area contributed by atoms with Gasteiger partial charge in [0.25, 0.3) is 0 Å². The molecule has 0 amide bonds. The summed E-state index contributed by atoms with van der Waals surface area (Å²) in [5.74, 6) is 1.18. The number of thioether (sulfide) groups is 1. The van der Waals surface area contributed by atoms with Gasteiger partial charge in [-0.2, -0.15) is 0 Å². The third-order valence-corrected chi connectivity index (χ3v) is 5.70. The van der Waals surface area contributed by atoms with E-state index in [2.05, 4.69) is 23.4 Å². The van der Waals surface area contributed by atoms with Crippen LogP contribution in [0.4, 0.5) is 0 Å². The van der Waals surface area contributed by atoms with Crippen LogP contribution in [-0.2, 0) is 0 Å². The van der Waals surface area contributed by atoms with Gasteiger partial charge in [-0.05, 0) is 11.8 Å². The zero-order valence-electron chi connectivity index (χ0n) is 15.7. The van der Waals surface area contributed by atoms with Gasteiger partial charge in [-0.25, -0.2) is 0 Å². The predicted molar refractivity (Wildman–Crippen MR) is 108 cm³/mol. The minimum absolute atomic E-state index is 1.18. The van der Waals surface area contributed by atoms with Crippen LogP contribution in [-0.4, -0.2) is 17.3 Å². The van der Waals surface area contributed by atoms with E-state index in [-0.39, 0.29) is 0 Å².